The smallest absolute Gasteiger partial charge is 0.268 e. The summed E-state index contributed by atoms with van der Waals surface area (Å²) in [5.41, 5.74) is 1.37. The minimum absolute atomic E-state index is 0.274. The van der Waals surface area contributed by atoms with Crippen LogP contribution in [0, 0.1) is 5.92 Å². The van der Waals surface area contributed by atoms with Gasteiger partial charge in [-0.05, 0) is 43.9 Å². The number of carbonyl (C=O) groups excluding carboxylic acids is 2. The van der Waals surface area contributed by atoms with Crippen molar-refractivity contribution in [2.24, 2.45) is 5.92 Å². The van der Waals surface area contributed by atoms with Crippen molar-refractivity contribution in [2.75, 3.05) is 0 Å². The minimum Gasteiger partial charge on any atom is -0.391 e. The number of rotatable bonds is 7. The van der Waals surface area contributed by atoms with E-state index in [1.807, 2.05) is 13.8 Å². The molecule has 24 heavy (non-hydrogen) atoms. The zero-order chi connectivity index (χ0) is 18.5. The standard InChI is InChI=1S/C17H26N2O5/c1-10(2)9-17(4,23)13-7-5-12(6-8-13)15(21)18-14(11(3)20)16(22)19-24/h5-8,10-11,14,20,23-24H,9H2,1-4H3,(H,18,21)(H,19,22)/t11-,14+,17?/m1/s1. The molecule has 0 radical (unpaired) electrons. The molecule has 1 aromatic rings. The van der Waals surface area contributed by atoms with Gasteiger partial charge in [0.05, 0.1) is 11.7 Å². The van der Waals surface area contributed by atoms with Gasteiger partial charge < -0.3 is 15.5 Å². The summed E-state index contributed by atoms with van der Waals surface area (Å²) in [4.78, 5) is 23.6. The Bertz CT molecular complexity index is 567. The Hall–Kier alpha value is -1.96. The van der Waals surface area contributed by atoms with Crippen molar-refractivity contribution in [3.63, 3.8) is 0 Å². The topological polar surface area (TPSA) is 119 Å². The van der Waals surface area contributed by atoms with Gasteiger partial charge in [-0.1, -0.05) is 26.0 Å². The molecule has 0 saturated heterocycles. The van der Waals surface area contributed by atoms with E-state index in [0.29, 0.717) is 17.9 Å². The molecule has 0 aliphatic heterocycles. The maximum absolute atomic E-state index is 12.2. The van der Waals surface area contributed by atoms with E-state index >= 15 is 0 Å². The van der Waals surface area contributed by atoms with Crippen LogP contribution in [0.5, 0.6) is 0 Å². The highest BCUT2D eigenvalue weighted by molar-refractivity contribution is 5.97. The fraction of sp³-hybridized carbons (Fsp3) is 0.529. The third-order valence-electron chi connectivity index (χ3n) is 3.74. The van der Waals surface area contributed by atoms with Crippen LogP contribution in [0.15, 0.2) is 24.3 Å². The van der Waals surface area contributed by atoms with Crippen molar-refractivity contribution >= 4 is 11.8 Å². The summed E-state index contributed by atoms with van der Waals surface area (Å²) in [7, 11) is 0. The summed E-state index contributed by atoms with van der Waals surface area (Å²) in [6, 6.07) is 5.11. The number of hydrogen-bond donors (Lipinski definition) is 5. The quantitative estimate of drug-likeness (QED) is 0.374. The predicted octanol–water partition coefficient (Wildman–Crippen LogP) is 0.925. The maximum atomic E-state index is 12.2. The zero-order valence-electron chi connectivity index (χ0n) is 14.4. The second kappa shape index (κ2) is 8.23. The molecule has 0 aliphatic carbocycles. The lowest BCUT2D eigenvalue weighted by atomic mass is 9.87. The molecule has 0 spiro atoms. The van der Waals surface area contributed by atoms with Crippen molar-refractivity contribution in [1.82, 2.24) is 10.8 Å². The molecule has 1 aromatic carbocycles. The first kappa shape index (κ1) is 20.1. The van der Waals surface area contributed by atoms with Gasteiger partial charge in [-0.3, -0.25) is 14.8 Å². The molecule has 3 atom stereocenters. The molecule has 2 amide bonds. The average Bonchev–Trinajstić information content (AvgIpc) is 2.50. The Balaban J connectivity index is 2.88. The Morgan fingerprint density at radius 3 is 2.12 bits per heavy atom. The largest absolute Gasteiger partial charge is 0.391 e. The SMILES string of the molecule is CC(C)CC(C)(O)c1ccc(C(=O)N[C@H](C(=O)NO)[C@@H](C)O)cc1. The molecule has 0 aromatic heterocycles. The van der Waals surface area contributed by atoms with Crippen LogP contribution in [-0.2, 0) is 10.4 Å². The molecular weight excluding hydrogens is 312 g/mol. The number of aliphatic hydroxyl groups is 2. The van der Waals surface area contributed by atoms with Gasteiger partial charge in [0.1, 0.15) is 6.04 Å². The minimum atomic E-state index is -1.27. The highest BCUT2D eigenvalue weighted by atomic mass is 16.5. The number of hydrogen-bond acceptors (Lipinski definition) is 5. The summed E-state index contributed by atoms with van der Waals surface area (Å²) in [5.74, 6) is -1.17. The van der Waals surface area contributed by atoms with Gasteiger partial charge >= 0.3 is 0 Å². The third-order valence-corrected chi connectivity index (χ3v) is 3.74. The molecule has 0 fully saturated rings. The number of aliphatic hydroxyl groups excluding tert-OH is 1. The van der Waals surface area contributed by atoms with E-state index in [-0.39, 0.29) is 5.56 Å². The van der Waals surface area contributed by atoms with E-state index in [1.165, 1.54) is 24.5 Å². The third kappa shape index (κ3) is 5.30. The van der Waals surface area contributed by atoms with Crippen LogP contribution in [0.3, 0.4) is 0 Å². The Morgan fingerprint density at radius 2 is 1.71 bits per heavy atom. The average molecular weight is 338 g/mol. The second-order valence-corrected chi connectivity index (χ2v) is 6.62. The molecule has 1 unspecified atom stereocenters. The van der Waals surface area contributed by atoms with Crippen LogP contribution in [0.1, 0.15) is 50.0 Å². The fourth-order valence-corrected chi connectivity index (χ4v) is 2.59. The van der Waals surface area contributed by atoms with Gasteiger partial charge in [0, 0.05) is 5.56 Å². The number of carbonyl (C=O) groups is 2. The molecule has 5 N–H and O–H groups in total. The van der Waals surface area contributed by atoms with E-state index in [0.717, 1.165) is 0 Å². The summed E-state index contributed by atoms with van der Waals surface area (Å²) in [6.45, 7) is 7.07. The molecular formula is C17H26N2O5. The summed E-state index contributed by atoms with van der Waals surface area (Å²) in [6.07, 6.45) is -0.591. The first-order chi connectivity index (χ1) is 11.1. The van der Waals surface area contributed by atoms with E-state index < -0.39 is 29.6 Å². The maximum Gasteiger partial charge on any atom is 0.268 e. The van der Waals surface area contributed by atoms with E-state index in [9.17, 15) is 19.8 Å². The van der Waals surface area contributed by atoms with Crippen molar-refractivity contribution in [1.29, 1.82) is 0 Å². The zero-order valence-corrected chi connectivity index (χ0v) is 14.4. The van der Waals surface area contributed by atoms with Crippen molar-refractivity contribution in [3.8, 4) is 0 Å². The van der Waals surface area contributed by atoms with E-state index in [1.54, 1.807) is 19.1 Å². The highest BCUT2D eigenvalue weighted by Gasteiger charge is 2.27. The van der Waals surface area contributed by atoms with Gasteiger partial charge in [-0.15, -0.1) is 0 Å². The summed E-state index contributed by atoms with van der Waals surface area (Å²) < 4.78 is 0. The van der Waals surface area contributed by atoms with Crippen molar-refractivity contribution in [2.45, 2.75) is 51.9 Å². The molecule has 7 heteroatoms. The van der Waals surface area contributed by atoms with Crippen LogP contribution in [0.2, 0.25) is 0 Å². The number of amides is 2. The monoisotopic (exact) mass is 338 g/mol. The number of benzene rings is 1. The van der Waals surface area contributed by atoms with Crippen LogP contribution >= 0.6 is 0 Å². The van der Waals surface area contributed by atoms with Gasteiger partial charge in [-0.25, -0.2) is 5.48 Å². The Labute approximate surface area is 141 Å². The number of nitrogens with one attached hydrogen (secondary N) is 2. The molecule has 0 aliphatic rings. The van der Waals surface area contributed by atoms with E-state index in [4.69, 9.17) is 5.21 Å². The first-order valence-corrected chi connectivity index (χ1v) is 7.84. The normalized spacial score (nSPS) is 16.2. The molecule has 1 rings (SSSR count). The highest BCUT2D eigenvalue weighted by Crippen LogP contribution is 2.28. The molecule has 134 valence electrons. The van der Waals surface area contributed by atoms with Gasteiger partial charge in [0.2, 0.25) is 0 Å². The summed E-state index contributed by atoms with van der Waals surface area (Å²) in [5, 5.41) is 31.0. The van der Waals surface area contributed by atoms with Crippen molar-refractivity contribution in [3.05, 3.63) is 35.4 Å². The Morgan fingerprint density at radius 1 is 1.17 bits per heavy atom. The Kier molecular flexibility index (Phi) is 6.89. The lowest BCUT2D eigenvalue weighted by molar-refractivity contribution is -0.133. The van der Waals surface area contributed by atoms with Gasteiger partial charge in [-0.2, -0.15) is 0 Å². The lowest BCUT2D eigenvalue weighted by Gasteiger charge is -2.26. The van der Waals surface area contributed by atoms with Crippen LogP contribution < -0.4 is 10.8 Å². The second-order valence-electron chi connectivity index (χ2n) is 6.62. The molecule has 7 nitrogen and oxygen atoms in total. The van der Waals surface area contributed by atoms with Crippen molar-refractivity contribution < 1.29 is 25.0 Å². The molecule has 0 heterocycles. The van der Waals surface area contributed by atoms with Crippen LogP contribution in [0.4, 0.5) is 0 Å². The van der Waals surface area contributed by atoms with Crippen LogP contribution in [0.25, 0.3) is 0 Å². The first-order valence-electron chi connectivity index (χ1n) is 7.84. The predicted molar refractivity (Wildman–Crippen MR) is 88.3 cm³/mol. The van der Waals surface area contributed by atoms with Gasteiger partial charge in [0.25, 0.3) is 11.8 Å². The van der Waals surface area contributed by atoms with Crippen LogP contribution in [-0.4, -0.2) is 39.4 Å². The fourth-order valence-electron chi connectivity index (χ4n) is 2.59. The van der Waals surface area contributed by atoms with Gasteiger partial charge in [0.15, 0.2) is 0 Å². The lowest BCUT2D eigenvalue weighted by Crippen LogP contribution is -2.51. The molecule has 0 bridgehead atoms. The van der Waals surface area contributed by atoms with E-state index in [2.05, 4.69) is 5.32 Å². The summed E-state index contributed by atoms with van der Waals surface area (Å²) >= 11 is 0. The molecule has 0 saturated carbocycles. The number of hydroxylamine groups is 1.